The normalized spacial score (nSPS) is 12.4. The number of furan rings is 1. The molecule has 4 aromatic rings. The Morgan fingerprint density at radius 1 is 1.22 bits per heavy atom. The minimum atomic E-state index is 0.557. The molecule has 0 bridgehead atoms. The third kappa shape index (κ3) is 3.89. The summed E-state index contributed by atoms with van der Waals surface area (Å²) in [4.78, 5) is 9.65. The summed E-state index contributed by atoms with van der Waals surface area (Å²) in [6.07, 6.45) is 3.46. The lowest BCUT2D eigenvalue weighted by Crippen LogP contribution is -2.13. The molecule has 0 N–H and O–H groups in total. The number of pyridine rings is 1. The Morgan fingerprint density at radius 3 is 2.93 bits per heavy atom. The van der Waals surface area contributed by atoms with Crippen molar-refractivity contribution in [3.05, 3.63) is 70.6 Å². The van der Waals surface area contributed by atoms with E-state index in [4.69, 9.17) is 9.15 Å². The number of rotatable bonds is 6. The van der Waals surface area contributed by atoms with E-state index in [-0.39, 0.29) is 0 Å². The zero-order valence-electron chi connectivity index (χ0n) is 14.8. The van der Waals surface area contributed by atoms with Crippen molar-refractivity contribution < 1.29 is 9.15 Å². The summed E-state index contributed by atoms with van der Waals surface area (Å²) in [6, 6.07) is 15.7. The van der Waals surface area contributed by atoms with E-state index in [0.29, 0.717) is 13.2 Å². The van der Waals surface area contributed by atoms with Gasteiger partial charge in [-0.15, -0.1) is 11.3 Å². The zero-order valence-corrected chi connectivity index (χ0v) is 15.6. The Bertz CT molecular complexity index is 1090. The van der Waals surface area contributed by atoms with Gasteiger partial charge in [0.05, 0.1) is 25.1 Å². The Kier molecular flexibility index (Phi) is 5.22. The quantitative estimate of drug-likeness (QED) is 0.379. The summed E-state index contributed by atoms with van der Waals surface area (Å²) in [6.45, 7) is 1.12. The maximum Gasteiger partial charge on any atom is 0.206 e. The summed E-state index contributed by atoms with van der Waals surface area (Å²) in [5, 5.41) is 7.66. The van der Waals surface area contributed by atoms with Gasteiger partial charge in [0, 0.05) is 24.1 Å². The predicted octanol–water partition coefficient (Wildman–Crippen LogP) is 3.79. The van der Waals surface area contributed by atoms with Gasteiger partial charge in [-0.1, -0.05) is 24.3 Å². The lowest BCUT2D eigenvalue weighted by atomic mass is 10.2. The maximum absolute atomic E-state index is 6.02. The van der Waals surface area contributed by atoms with Crippen molar-refractivity contribution in [3.63, 3.8) is 0 Å². The molecule has 0 aliphatic heterocycles. The van der Waals surface area contributed by atoms with Crippen molar-refractivity contribution in [2.75, 3.05) is 20.3 Å². The van der Waals surface area contributed by atoms with Crippen LogP contribution in [-0.4, -0.2) is 36.1 Å². The SMILES string of the molecule is COCCN=c1scc(-c2cc3ccccc3o2)n1/N=C\c1ccccn1. The van der Waals surface area contributed by atoms with E-state index in [1.54, 1.807) is 24.2 Å². The van der Waals surface area contributed by atoms with E-state index in [0.717, 1.165) is 32.9 Å². The van der Waals surface area contributed by atoms with Gasteiger partial charge in [0.25, 0.3) is 0 Å². The van der Waals surface area contributed by atoms with Crippen LogP contribution in [0.25, 0.3) is 22.4 Å². The first-order chi connectivity index (χ1) is 13.3. The van der Waals surface area contributed by atoms with Crippen molar-refractivity contribution in [2.45, 2.75) is 0 Å². The highest BCUT2D eigenvalue weighted by molar-refractivity contribution is 7.07. The fourth-order valence-electron chi connectivity index (χ4n) is 2.60. The number of ether oxygens (including phenoxy) is 1. The fourth-order valence-corrected chi connectivity index (χ4v) is 3.44. The van der Waals surface area contributed by atoms with E-state index < -0.39 is 0 Å². The molecule has 0 aliphatic carbocycles. The van der Waals surface area contributed by atoms with Crippen LogP contribution in [0.3, 0.4) is 0 Å². The number of thiazole rings is 1. The molecule has 7 heteroatoms. The Morgan fingerprint density at radius 2 is 2.11 bits per heavy atom. The molecule has 0 fully saturated rings. The van der Waals surface area contributed by atoms with E-state index in [2.05, 4.69) is 15.1 Å². The molecule has 0 radical (unpaired) electrons. The first-order valence-electron chi connectivity index (χ1n) is 8.49. The smallest absolute Gasteiger partial charge is 0.206 e. The summed E-state index contributed by atoms with van der Waals surface area (Å²) in [7, 11) is 1.66. The monoisotopic (exact) mass is 378 g/mol. The van der Waals surface area contributed by atoms with Gasteiger partial charge in [0.1, 0.15) is 11.3 Å². The average molecular weight is 378 g/mol. The minimum Gasteiger partial charge on any atom is -0.454 e. The Hall–Kier alpha value is -3.03. The minimum absolute atomic E-state index is 0.557. The predicted molar refractivity (Wildman–Crippen MR) is 107 cm³/mol. The molecule has 0 saturated heterocycles. The Balaban J connectivity index is 1.79. The third-order valence-corrected chi connectivity index (χ3v) is 4.75. The summed E-state index contributed by atoms with van der Waals surface area (Å²) < 4.78 is 12.9. The number of aromatic nitrogens is 2. The molecule has 6 nitrogen and oxygen atoms in total. The van der Waals surface area contributed by atoms with Crippen LogP contribution in [0.1, 0.15) is 5.69 Å². The highest BCUT2D eigenvalue weighted by Gasteiger charge is 2.12. The van der Waals surface area contributed by atoms with Gasteiger partial charge in [-0.3, -0.25) is 9.98 Å². The topological polar surface area (TPSA) is 64.9 Å². The van der Waals surface area contributed by atoms with Crippen LogP contribution in [0.15, 0.2) is 74.6 Å². The number of fused-ring (bicyclic) bond motifs is 1. The van der Waals surface area contributed by atoms with Gasteiger partial charge in [0.15, 0.2) is 5.76 Å². The lowest BCUT2D eigenvalue weighted by Gasteiger charge is -2.00. The average Bonchev–Trinajstić information content (AvgIpc) is 3.31. The van der Waals surface area contributed by atoms with Gasteiger partial charge in [0.2, 0.25) is 4.80 Å². The highest BCUT2D eigenvalue weighted by atomic mass is 32.1. The number of hydrogen-bond donors (Lipinski definition) is 0. The van der Waals surface area contributed by atoms with Crippen LogP contribution < -0.4 is 4.80 Å². The van der Waals surface area contributed by atoms with Gasteiger partial charge in [-0.2, -0.15) is 5.10 Å². The van der Waals surface area contributed by atoms with Crippen LogP contribution in [0, 0.1) is 0 Å². The molecule has 0 saturated carbocycles. The molecule has 136 valence electrons. The van der Waals surface area contributed by atoms with Crippen molar-refractivity contribution in [1.82, 2.24) is 9.66 Å². The highest BCUT2D eigenvalue weighted by Crippen LogP contribution is 2.28. The molecule has 0 unspecified atom stereocenters. The summed E-state index contributed by atoms with van der Waals surface area (Å²) in [5.74, 6) is 0.749. The lowest BCUT2D eigenvalue weighted by molar-refractivity contribution is 0.207. The number of nitrogens with zero attached hydrogens (tertiary/aromatic N) is 4. The maximum atomic E-state index is 6.02. The molecule has 0 aliphatic rings. The number of benzene rings is 1. The fraction of sp³-hybridized carbons (Fsp3) is 0.150. The second-order valence-electron chi connectivity index (χ2n) is 5.74. The molecule has 4 rings (SSSR count). The second-order valence-corrected chi connectivity index (χ2v) is 6.57. The standard InChI is InChI=1S/C20H18N4O2S/c1-25-11-10-22-20-24(23-13-16-7-4-5-9-21-16)17(14-27-20)19-12-15-6-2-3-8-18(15)26-19/h2-9,12-14H,10-11H2,1H3/b22-20?,23-13-. The third-order valence-electron chi connectivity index (χ3n) is 3.90. The van der Waals surface area contributed by atoms with E-state index in [9.17, 15) is 0 Å². The van der Waals surface area contributed by atoms with Crippen molar-refractivity contribution in [3.8, 4) is 11.5 Å². The first-order valence-corrected chi connectivity index (χ1v) is 9.37. The molecule has 0 amide bonds. The molecule has 0 atom stereocenters. The van der Waals surface area contributed by atoms with Gasteiger partial charge in [-0.05, 0) is 24.3 Å². The van der Waals surface area contributed by atoms with Crippen LogP contribution in [0.5, 0.6) is 0 Å². The summed E-state index contributed by atoms with van der Waals surface area (Å²) in [5.41, 5.74) is 2.46. The number of methoxy groups -OCH3 is 1. The molecule has 27 heavy (non-hydrogen) atoms. The molecule has 3 aromatic heterocycles. The first kappa shape index (κ1) is 17.4. The van der Waals surface area contributed by atoms with Crippen LogP contribution >= 0.6 is 11.3 Å². The molecular weight excluding hydrogens is 360 g/mol. The van der Waals surface area contributed by atoms with E-state index >= 15 is 0 Å². The summed E-state index contributed by atoms with van der Waals surface area (Å²) >= 11 is 1.51. The van der Waals surface area contributed by atoms with E-state index in [1.165, 1.54) is 11.3 Å². The van der Waals surface area contributed by atoms with Gasteiger partial charge >= 0.3 is 0 Å². The van der Waals surface area contributed by atoms with Crippen LogP contribution in [-0.2, 0) is 4.74 Å². The van der Waals surface area contributed by atoms with Crippen molar-refractivity contribution in [2.24, 2.45) is 10.1 Å². The molecular formula is C20H18N4O2S. The molecule has 1 aromatic carbocycles. The molecule has 3 heterocycles. The Labute approximate surface area is 160 Å². The zero-order chi connectivity index (χ0) is 18.5. The van der Waals surface area contributed by atoms with Crippen molar-refractivity contribution in [1.29, 1.82) is 0 Å². The van der Waals surface area contributed by atoms with Gasteiger partial charge in [-0.25, -0.2) is 4.68 Å². The number of para-hydroxylation sites is 1. The van der Waals surface area contributed by atoms with E-state index in [1.807, 2.05) is 53.9 Å². The molecule has 0 spiro atoms. The largest absolute Gasteiger partial charge is 0.454 e. The van der Waals surface area contributed by atoms with Gasteiger partial charge < -0.3 is 9.15 Å². The van der Waals surface area contributed by atoms with Crippen molar-refractivity contribution >= 4 is 28.5 Å². The number of hydrogen-bond acceptors (Lipinski definition) is 6. The van der Waals surface area contributed by atoms with Crippen LogP contribution in [0.2, 0.25) is 0 Å². The van der Waals surface area contributed by atoms with Crippen LogP contribution in [0.4, 0.5) is 0 Å². The second kappa shape index (κ2) is 8.11.